The Kier molecular flexibility index (Phi) is 7.07. The molecule has 3 rings (SSSR count). The zero-order valence-electron chi connectivity index (χ0n) is 18.3. The first-order valence-electron chi connectivity index (χ1n) is 10.1. The zero-order valence-corrected chi connectivity index (χ0v) is 19.1. The number of piperazine rings is 1. The third kappa shape index (κ3) is 5.29. The van der Waals surface area contributed by atoms with E-state index in [9.17, 15) is 13.2 Å². The number of carbonyl (C=O) groups is 1. The van der Waals surface area contributed by atoms with Gasteiger partial charge in [-0.2, -0.15) is 4.72 Å². The molecule has 0 aliphatic carbocycles. The number of hydrogen-bond acceptors (Lipinski definition) is 6. The van der Waals surface area contributed by atoms with Crippen molar-refractivity contribution in [3.8, 4) is 11.5 Å². The van der Waals surface area contributed by atoms with Crippen LogP contribution in [0.2, 0.25) is 0 Å². The average Bonchev–Trinajstić information content (AvgIpc) is 2.78. The maximum atomic E-state index is 12.9. The van der Waals surface area contributed by atoms with Crippen molar-refractivity contribution in [1.82, 2.24) is 9.62 Å². The van der Waals surface area contributed by atoms with E-state index >= 15 is 0 Å². The number of anilines is 1. The molecule has 1 N–H and O–H groups in total. The number of methoxy groups -OCH3 is 2. The Hall–Kier alpha value is -2.78. The lowest BCUT2D eigenvalue weighted by Gasteiger charge is -2.37. The maximum Gasteiger partial charge on any atom is 0.244 e. The van der Waals surface area contributed by atoms with E-state index < -0.39 is 16.1 Å². The van der Waals surface area contributed by atoms with Gasteiger partial charge in [-0.1, -0.05) is 6.07 Å². The van der Waals surface area contributed by atoms with Gasteiger partial charge in [0.15, 0.2) is 0 Å². The van der Waals surface area contributed by atoms with Crippen LogP contribution in [0.25, 0.3) is 0 Å². The molecule has 8 nitrogen and oxygen atoms in total. The molecule has 31 heavy (non-hydrogen) atoms. The summed E-state index contributed by atoms with van der Waals surface area (Å²) in [6.07, 6.45) is 0. The highest BCUT2D eigenvalue weighted by Gasteiger charge is 2.29. The fourth-order valence-electron chi connectivity index (χ4n) is 3.59. The fraction of sp³-hybridized carbons (Fsp3) is 0.409. The minimum absolute atomic E-state index is 0.0268. The number of sulfonamides is 1. The highest BCUT2D eigenvalue weighted by Crippen LogP contribution is 2.25. The first-order valence-corrected chi connectivity index (χ1v) is 11.6. The maximum absolute atomic E-state index is 12.9. The highest BCUT2D eigenvalue weighted by molar-refractivity contribution is 7.89. The van der Waals surface area contributed by atoms with Gasteiger partial charge in [-0.15, -0.1) is 0 Å². The number of rotatable bonds is 7. The van der Waals surface area contributed by atoms with E-state index in [1.165, 1.54) is 13.2 Å². The Balaban J connectivity index is 1.62. The first-order chi connectivity index (χ1) is 14.7. The van der Waals surface area contributed by atoms with Crippen LogP contribution in [-0.2, 0) is 14.8 Å². The van der Waals surface area contributed by atoms with Crippen molar-refractivity contribution in [3.05, 3.63) is 48.0 Å². The van der Waals surface area contributed by atoms with Crippen LogP contribution in [0, 0.1) is 6.92 Å². The Bertz CT molecular complexity index is 1020. The molecule has 1 aliphatic heterocycles. The molecule has 2 aromatic rings. The summed E-state index contributed by atoms with van der Waals surface area (Å²) in [5.74, 6) is 0.791. The second-order valence-electron chi connectivity index (χ2n) is 7.51. The third-order valence-electron chi connectivity index (χ3n) is 5.34. The van der Waals surface area contributed by atoms with Crippen LogP contribution in [0.3, 0.4) is 0 Å². The van der Waals surface area contributed by atoms with Gasteiger partial charge in [0.25, 0.3) is 0 Å². The molecule has 0 bridgehead atoms. The minimum atomic E-state index is -3.91. The van der Waals surface area contributed by atoms with Crippen molar-refractivity contribution in [3.63, 3.8) is 0 Å². The second kappa shape index (κ2) is 9.57. The van der Waals surface area contributed by atoms with Crippen molar-refractivity contribution in [1.29, 1.82) is 0 Å². The molecule has 2 aromatic carbocycles. The largest absolute Gasteiger partial charge is 0.497 e. The van der Waals surface area contributed by atoms with Crippen molar-refractivity contribution in [2.75, 3.05) is 45.3 Å². The zero-order chi connectivity index (χ0) is 22.6. The van der Waals surface area contributed by atoms with Gasteiger partial charge in [-0.3, -0.25) is 4.79 Å². The van der Waals surface area contributed by atoms with Gasteiger partial charge in [-0.05, 0) is 55.8 Å². The summed E-state index contributed by atoms with van der Waals surface area (Å²) in [6, 6.07) is 11.8. The first kappa shape index (κ1) is 22.9. The number of aryl methyl sites for hydroxylation is 1. The van der Waals surface area contributed by atoms with Gasteiger partial charge < -0.3 is 19.3 Å². The van der Waals surface area contributed by atoms with Gasteiger partial charge in [0.2, 0.25) is 15.9 Å². The molecule has 0 radical (unpaired) electrons. The molecule has 168 valence electrons. The molecular formula is C22H29N3O5S. The lowest BCUT2D eigenvalue weighted by Crippen LogP contribution is -2.54. The summed E-state index contributed by atoms with van der Waals surface area (Å²) < 4.78 is 38.6. The normalized spacial score (nSPS) is 15.5. The van der Waals surface area contributed by atoms with Gasteiger partial charge in [0, 0.05) is 31.9 Å². The van der Waals surface area contributed by atoms with Gasteiger partial charge in [0.1, 0.15) is 16.4 Å². The van der Waals surface area contributed by atoms with Gasteiger partial charge in [-0.25, -0.2) is 8.42 Å². The standard InChI is InChI=1S/C22H29N3O5S/c1-16-5-10-20(30-4)21(15-16)31(27,28)23-17(2)22(26)25-13-11-24(12-14-25)18-6-8-19(29-3)9-7-18/h5-10,15,17,23H,11-14H2,1-4H3/t17-/m0/s1. The smallest absolute Gasteiger partial charge is 0.244 e. The molecule has 1 atom stereocenters. The summed E-state index contributed by atoms with van der Waals surface area (Å²) in [6.45, 7) is 5.75. The molecule has 9 heteroatoms. The molecule has 1 saturated heterocycles. The number of benzene rings is 2. The topological polar surface area (TPSA) is 88.2 Å². The number of nitrogens with zero attached hydrogens (tertiary/aromatic N) is 2. The molecule has 1 heterocycles. The Morgan fingerprint density at radius 3 is 2.23 bits per heavy atom. The van der Waals surface area contributed by atoms with E-state index in [1.54, 1.807) is 38.0 Å². The third-order valence-corrected chi connectivity index (χ3v) is 6.90. The summed E-state index contributed by atoms with van der Waals surface area (Å²) in [4.78, 5) is 16.8. The molecule has 1 fully saturated rings. The van der Waals surface area contributed by atoms with E-state index in [0.717, 1.165) is 17.0 Å². The van der Waals surface area contributed by atoms with Crippen LogP contribution in [0.15, 0.2) is 47.4 Å². The minimum Gasteiger partial charge on any atom is -0.497 e. The molecule has 1 aliphatic rings. The monoisotopic (exact) mass is 447 g/mol. The Labute approximate surface area is 183 Å². The SMILES string of the molecule is COc1ccc(N2CCN(C(=O)[C@H](C)NS(=O)(=O)c3cc(C)ccc3OC)CC2)cc1. The number of carbonyl (C=O) groups excluding carboxylic acids is 1. The lowest BCUT2D eigenvalue weighted by molar-refractivity contribution is -0.132. The Morgan fingerprint density at radius 1 is 1.00 bits per heavy atom. The summed E-state index contributed by atoms with van der Waals surface area (Å²) in [5, 5.41) is 0. The molecule has 1 amide bonds. The summed E-state index contributed by atoms with van der Waals surface area (Å²) in [5.41, 5.74) is 1.85. The van der Waals surface area contributed by atoms with Gasteiger partial charge in [0.05, 0.1) is 20.3 Å². The van der Waals surface area contributed by atoms with E-state index in [4.69, 9.17) is 9.47 Å². The van der Waals surface area contributed by atoms with Crippen LogP contribution < -0.4 is 19.1 Å². The van der Waals surface area contributed by atoms with Crippen LogP contribution >= 0.6 is 0 Å². The number of nitrogens with one attached hydrogen (secondary N) is 1. The summed E-state index contributed by atoms with van der Waals surface area (Å²) >= 11 is 0. The van der Waals surface area contributed by atoms with Crippen LogP contribution in [0.4, 0.5) is 5.69 Å². The number of hydrogen-bond donors (Lipinski definition) is 1. The van der Waals surface area contributed by atoms with Crippen molar-refractivity contribution >= 4 is 21.6 Å². The average molecular weight is 448 g/mol. The van der Waals surface area contributed by atoms with E-state index in [-0.39, 0.29) is 16.6 Å². The van der Waals surface area contributed by atoms with E-state index in [1.807, 2.05) is 24.3 Å². The van der Waals surface area contributed by atoms with Crippen LogP contribution in [-0.4, -0.2) is 65.7 Å². The van der Waals surface area contributed by atoms with Crippen molar-refractivity contribution < 1.29 is 22.7 Å². The highest BCUT2D eigenvalue weighted by atomic mass is 32.2. The predicted octanol–water partition coefficient (Wildman–Crippen LogP) is 2.03. The van der Waals surface area contributed by atoms with Crippen LogP contribution in [0.5, 0.6) is 11.5 Å². The number of ether oxygens (including phenoxy) is 2. The fourth-order valence-corrected chi connectivity index (χ4v) is 5.04. The predicted molar refractivity (Wildman–Crippen MR) is 119 cm³/mol. The molecule has 0 saturated carbocycles. The Morgan fingerprint density at radius 2 is 1.65 bits per heavy atom. The molecule has 0 unspecified atom stereocenters. The van der Waals surface area contributed by atoms with Crippen LogP contribution in [0.1, 0.15) is 12.5 Å². The summed E-state index contributed by atoms with van der Waals surface area (Å²) in [7, 11) is -0.868. The molecule has 0 spiro atoms. The van der Waals surface area contributed by atoms with Gasteiger partial charge >= 0.3 is 0 Å². The lowest BCUT2D eigenvalue weighted by atomic mass is 10.2. The van der Waals surface area contributed by atoms with Crippen molar-refractivity contribution in [2.24, 2.45) is 0 Å². The van der Waals surface area contributed by atoms with E-state index in [0.29, 0.717) is 26.2 Å². The number of amides is 1. The quantitative estimate of drug-likeness (QED) is 0.699. The van der Waals surface area contributed by atoms with E-state index in [2.05, 4.69) is 9.62 Å². The molecular weight excluding hydrogens is 418 g/mol. The molecule has 0 aromatic heterocycles. The van der Waals surface area contributed by atoms with Crippen molar-refractivity contribution in [2.45, 2.75) is 24.8 Å². The second-order valence-corrected chi connectivity index (χ2v) is 9.19.